The SMILES string of the molecule is COc1cc2c(cc1OC)C(CCCl)N(C)CC2. The molecule has 0 saturated heterocycles. The summed E-state index contributed by atoms with van der Waals surface area (Å²) in [5.41, 5.74) is 2.67. The molecular formula is C14H20ClNO2. The summed E-state index contributed by atoms with van der Waals surface area (Å²) in [5.74, 6) is 2.28. The molecule has 1 unspecified atom stereocenters. The van der Waals surface area contributed by atoms with Crippen LogP contribution in [0.4, 0.5) is 0 Å². The third-order valence-corrected chi connectivity index (χ3v) is 3.87. The quantitative estimate of drug-likeness (QED) is 0.785. The van der Waals surface area contributed by atoms with Crippen LogP contribution in [-0.2, 0) is 6.42 Å². The highest BCUT2D eigenvalue weighted by molar-refractivity contribution is 6.17. The maximum Gasteiger partial charge on any atom is 0.161 e. The van der Waals surface area contributed by atoms with E-state index in [1.807, 2.05) is 0 Å². The molecule has 0 radical (unpaired) electrons. The van der Waals surface area contributed by atoms with Crippen molar-refractivity contribution in [3.8, 4) is 11.5 Å². The van der Waals surface area contributed by atoms with Crippen molar-refractivity contribution in [2.24, 2.45) is 0 Å². The van der Waals surface area contributed by atoms with Gasteiger partial charge < -0.3 is 9.47 Å². The van der Waals surface area contributed by atoms with Gasteiger partial charge in [0.15, 0.2) is 11.5 Å². The number of ether oxygens (including phenoxy) is 2. The van der Waals surface area contributed by atoms with Crippen molar-refractivity contribution in [2.45, 2.75) is 18.9 Å². The molecule has 0 spiro atoms. The van der Waals surface area contributed by atoms with Gasteiger partial charge in [0.1, 0.15) is 0 Å². The summed E-state index contributed by atoms with van der Waals surface area (Å²) in [7, 11) is 5.50. The van der Waals surface area contributed by atoms with E-state index in [-0.39, 0.29) is 0 Å². The second kappa shape index (κ2) is 5.81. The predicted octanol–water partition coefficient (Wildman–Crippen LogP) is 2.86. The summed E-state index contributed by atoms with van der Waals surface area (Å²) in [4.78, 5) is 2.36. The van der Waals surface area contributed by atoms with Gasteiger partial charge in [-0.15, -0.1) is 11.6 Å². The summed E-state index contributed by atoms with van der Waals surface area (Å²) in [6.45, 7) is 1.06. The van der Waals surface area contributed by atoms with Crippen molar-refractivity contribution < 1.29 is 9.47 Å². The van der Waals surface area contributed by atoms with E-state index in [1.165, 1.54) is 11.1 Å². The summed E-state index contributed by atoms with van der Waals surface area (Å²) in [5, 5.41) is 0. The van der Waals surface area contributed by atoms with Crippen LogP contribution >= 0.6 is 11.6 Å². The number of benzene rings is 1. The van der Waals surface area contributed by atoms with E-state index >= 15 is 0 Å². The lowest BCUT2D eigenvalue weighted by Gasteiger charge is -2.34. The van der Waals surface area contributed by atoms with Gasteiger partial charge in [-0.05, 0) is 43.1 Å². The average molecular weight is 270 g/mol. The second-order valence-corrected chi connectivity index (χ2v) is 5.01. The molecule has 100 valence electrons. The zero-order valence-electron chi connectivity index (χ0n) is 11.2. The highest BCUT2D eigenvalue weighted by Gasteiger charge is 2.26. The molecule has 18 heavy (non-hydrogen) atoms. The Labute approximate surface area is 114 Å². The standard InChI is InChI=1S/C14H20ClNO2/c1-16-7-5-10-8-13(17-2)14(18-3)9-11(10)12(16)4-6-15/h8-9,12H,4-7H2,1-3H3. The van der Waals surface area contributed by atoms with E-state index in [0.29, 0.717) is 11.9 Å². The molecule has 4 heteroatoms. The summed E-state index contributed by atoms with van der Waals surface area (Å²) in [6, 6.07) is 4.58. The lowest BCUT2D eigenvalue weighted by Crippen LogP contribution is -2.32. The fourth-order valence-electron chi connectivity index (χ4n) is 2.63. The molecule has 1 aromatic rings. The normalized spacial score (nSPS) is 19.4. The van der Waals surface area contributed by atoms with Crippen LogP contribution < -0.4 is 9.47 Å². The van der Waals surface area contributed by atoms with Crippen LogP contribution in [0.5, 0.6) is 11.5 Å². The van der Waals surface area contributed by atoms with Gasteiger partial charge in [0.2, 0.25) is 0 Å². The maximum atomic E-state index is 5.92. The average Bonchev–Trinajstić information content (AvgIpc) is 2.40. The van der Waals surface area contributed by atoms with E-state index in [0.717, 1.165) is 30.9 Å². The van der Waals surface area contributed by atoms with Crippen LogP contribution in [0.15, 0.2) is 12.1 Å². The third-order valence-electron chi connectivity index (χ3n) is 3.65. The molecule has 0 bridgehead atoms. The molecule has 0 aliphatic carbocycles. The van der Waals surface area contributed by atoms with Crippen LogP contribution in [-0.4, -0.2) is 38.6 Å². The van der Waals surface area contributed by atoms with Crippen molar-refractivity contribution in [3.63, 3.8) is 0 Å². The molecule has 0 amide bonds. The first-order chi connectivity index (χ1) is 8.71. The van der Waals surface area contributed by atoms with E-state index < -0.39 is 0 Å². The number of halogens is 1. The molecule has 1 aromatic carbocycles. The van der Waals surface area contributed by atoms with Crippen molar-refractivity contribution in [1.82, 2.24) is 4.90 Å². The zero-order valence-corrected chi connectivity index (χ0v) is 12.0. The maximum absolute atomic E-state index is 5.92. The summed E-state index contributed by atoms with van der Waals surface area (Å²) in [6.07, 6.45) is 2.01. The first-order valence-electron chi connectivity index (χ1n) is 6.22. The Balaban J connectivity index is 2.44. The van der Waals surface area contributed by atoms with Crippen LogP contribution in [0.3, 0.4) is 0 Å². The number of rotatable bonds is 4. The van der Waals surface area contributed by atoms with Crippen molar-refractivity contribution >= 4 is 11.6 Å². The Kier molecular flexibility index (Phi) is 4.36. The molecule has 3 nitrogen and oxygen atoms in total. The van der Waals surface area contributed by atoms with E-state index in [1.54, 1.807) is 14.2 Å². The van der Waals surface area contributed by atoms with Gasteiger partial charge in [0.25, 0.3) is 0 Å². The topological polar surface area (TPSA) is 21.7 Å². The minimum atomic E-state index is 0.381. The minimum Gasteiger partial charge on any atom is -0.493 e. The van der Waals surface area contributed by atoms with Crippen molar-refractivity contribution in [2.75, 3.05) is 33.7 Å². The van der Waals surface area contributed by atoms with Crippen molar-refractivity contribution in [3.05, 3.63) is 23.3 Å². The van der Waals surface area contributed by atoms with Crippen LogP contribution in [0.2, 0.25) is 0 Å². The highest BCUT2D eigenvalue weighted by atomic mass is 35.5. The predicted molar refractivity (Wildman–Crippen MR) is 74.0 cm³/mol. The number of hydrogen-bond acceptors (Lipinski definition) is 3. The largest absolute Gasteiger partial charge is 0.493 e. The van der Waals surface area contributed by atoms with Gasteiger partial charge in [-0.1, -0.05) is 0 Å². The van der Waals surface area contributed by atoms with Crippen LogP contribution in [0.25, 0.3) is 0 Å². The van der Waals surface area contributed by atoms with Crippen LogP contribution in [0, 0.1) is 0 Å². The molecular weight excluding hydrogens is 250 g/mol. The Morgan fingerprint density at radius 1 is 1.28 bits per heavy atom. The number of nitrogens with zero attached hydrogens (tertiary/aromatic N) is 1. The first-order valence-corrected chi connectivity index (χ1v) is 6.75. The molecule has 0 aromatic heterocycles. The molecule has 0 N–H and O–H groups in total. The number of hydrogen-bond donors (Lipinski definition) is 0. The number of methoxy groups -OCH3 is 2. The van der Waals surface area contributed by atoms with E-state index in [4.69, 9.17) is 21.1 Å². The first kappa shape index (κ1) is 13.5. The zero-order chi connectivity index (χ0) is 13.1. The third kappa shape index (κ3) is 2.43. The Morgan fingerprint density at radius 3 is 2.56 bits per heavy atom. The number of fused-ring (bicyclic) bond motifs is 1. The van der Waals surface area contributed by atoms with Crippen molar-refractivity contribution in [1.29, 1.82) is 0 Å². The monoisotopic (exact) mass is 269 g/mol. The highest BCUT2D eigenvalue weighted by Crippen LogP contribution is 2.38. The smallest absolute Gasteiger partial charge is 0.161 e. The fourth-order valence-corrected chi connectivity index (χ4v) is 2.84. The molecule has 0 fully saturated rings. The molecule has 0 saturated carbocycles. The molecule has 1 heterocycles. The summed E-state index contributed by atoms with van der Waals surface area (Å²) < 4.78 is 10.7. The van der Waals surface area contributed by atoms with Crippen LogP contribution in [0.1, 0.15) is 23.6 Å². The van der Waals surface area contributed by atoms with Gasteiger partial charge >= 0.3 is 0 Å². The fraction of sp³-hybridized carbons (Fsp3) is 0.571. The molecule has 1 aliphatic heterocycles. The van der Waals surface area contributed by atoms with Gasteiger partial charge in [-0.25, -0.2) is 0 Å². The van der Waals surface area contributed by atoms with Gasteiger partial charge in [0.05, 0.1) is 14.2 Å². The lowest BCUT2D eigenvalue weighted by molar-refractivity contribution is 0.224. The lowest BCUT2D eigenvalue weighted by atomic mass is 9.91. The van der Waals surface area contributed by atoms with Gasteiger partial charge in [-0.3, -0.25) is 4.90 Å². The number of alkyl halides is 1. The Morgan fingerprint density at radius 2 is 1.94 bits per heavy atom. The minimum absolute atomic E-state index is 0.381. The molecule has 2 rings (SSSR count). The Hall–Kier alpha value is -0.930. The van der Waals surface area contributed by atoms with Gasteiger partial charge in [0, 0.05) is 18.5 Å². The molecule has 1 aliphatic rings. The number of likely N-dealkylation sites (N-methyl/N-ethyl adjacent to an activating group) is 1. The molecule has 1 atom stereocenters. The summed E-state index contributed by atoms with van der Waals surface area (Å²) >= 11 is 5.92. The van der Waals surface area contributed by atoms with E-state index in [2.05, 4.69) is 24.1 Å². The Bertz CT molecular complexity index is 423. The second-order valence-electron chi connectivity index (χ2n) is 4.63. The van der Waals surface area contributed by atoms with Gasteiger partial charge in [-0.2, -0.15) is 0 Å². The van der Waals surface area contributed by atoms with E-state index in [9.17, 15) is 0 Å².